The van der Waals surface area contributed by atoms with Crippen molar-refractivity contribution in [2.75, 3.05) is 14.2 Å². The van der Waals surface area contributed by atoms with Gasteiger partial charge < -0.3 is 14.3 Å². The Morgan fingerprint density at radius 1 is 1.05 bits per heavy atom. The Labute approximate surface area is 125 Å². The maximum absolute atomic E-state index is 11.5. The van der Waals surface area contributed by atoms with Crippen LogP contribution in [0.2, 0.25) is 0 Å². The summed E-state index contributed by atoms with van der Waals surface area (Å²) in [4.78, 5) is 11.5. The highest BCUT2D eigenvalue weighted by molar-refractivity contribution is 5.64. The van der Waals surface area contributed by atoms with E-state index in [4.69, 9.17) is 9.47 Å². The number of benzene rings is 2. The smallest absolute Gasteiger partial charge is 0.160 e. The highest BCUT2D eigenvalue weighted by Crippen LogP contribution is 2.30. The molecule has 1 unspecified atom stereocenters. The van der Waals surface area contributed by atoms with Crippen molar-refractivity contribution in [1.29, 1.82) is 0 Å². The molecule has 110 valence electrons. The molecule has 0 spiro atoms. The predicted molar refractivity (Wildman–Crippen MR) is 83.2 cm³/mol. The lowest BCUT2D eigenvalue weighted by molar-refractivity contribution is -0.109. The molecule has 0 saturated carbocycles. The molecule has 3 heteroatoms. The van der Waals surface area contributed by atoms with Crippen molar-refractivity contribution < 1.29 is 14.3 Å². The van der Waals surface area contributed by atoms with Crippen LogP contribution in [0, 0.1) is 6.92 Å². The average Bonchev–Trinajstić information content (AvgIpc) is 2.53. The Balaban J connectivity index is 2.27. The second kappa shape index (κ2) is 6.93. The van der Waals surface area contributed by atoms with Crippen LogP contribution in [0.5, 0.6) is 11.5 Å². The van der Waals surface area contributed by atoms with E-state index in [2.05, 4.69) is 0 Å². The molecule has 2 rings (SSSR count). The molecule has 2 aromatic rings. The number of ether oxygens (including phenoxy) is 2. The van der Waals surface area contributed by atoms with Gasteiger partial charge in [0.15, 0.2) is 11.5 Å². The van der Waals surface area contributed by atoms with Crippen LogP contribution in [0.1, 0.15) is 22.6 Å². The molecule has 0 aromatic heterocycles. The second-order valence-corrected chi connectivity index (χ2v) is 4.99. The molecule has 21 heavy (non-hydrogen) atoms. The molecule has 0 aliphatic carbocycles. The van der Waals surface area contributed by atoms with Crippen LogP contribution in [0.4, 0.5) is 0 Å². The van der Waals surface area contributed by atoms with E-state index in [-0.39, 0.29) is 5.92 Å². The molecule has 2 aromatic carbocycles. The number of methoxy groups -OCH3 is 2. The summed E-state index contributed by atoms with van der Waals surface area (Å²) in [5.74, 6) is 1.23. The van der Waals surface area contributed by atoms with Crippen molar-refractivity contribution in [3.05, 3.63) is 59.2 Å². The Kier molecular flexibility index (Phi) is 4.99. The Hall–Kier alpha value is -2.29. The highest BCUT2D eigenvalue weighted by atomic mass is 16.5. The van der Waals surface area contributed by atoms with Gasteiger partial charge in [-0.15, -0.1) is 0 Å². The molecular weight excluding hydrogens is 264 g/mol. The van der Waals surface area contributed by atoms with E-state index in [1.807, 2.05) is 49.4 Å². The first-order valence-electron chi connectivity index (χ1n) is 6.91. The minimum absolute atomic E-state index is 0.149. The van der Waals surface area contributed by atoms with Crippen LogP contribution >= 0.6 is 0 Å². The summed E-state index contributed by atoms with van der Waals surface area (Å²) >= 11 is 0. The number of carbonyl (C=O) groups is 1. The minimum atomic E-state index is -0.149. The zero-order chi connectivity index (χ0) is 15.2. The van der Waals surface area contributed by atoms with Gasteiger partial charge in [-0.1, -0.05) is 30.3 Å². The van der Waals surface area contributed by atoms with Crippen LogP contribution in [-0.4, -0.2) is 20.5 Å². The fraction of sp³-hybridized carbons (Fsp3) is 0.278. The third-order valence-electron chi connectivity index (χ3n) is 3.66. The first-order valence-corrected chi connectivity index (χ1v) is 6.91. The fourth-order valence-electron chi connectivity index (χ4n) is 2.50. The van der Waals surface area contributed by atoms with Crippen molar-refractivity contribution in [3.63, 3.8) is 0 Å². The number of aryl methyl sites for hydroxylation is 1. The highest BCUT2D eigenvalue weighted by Gasteiger charge is 2.14. The number of hydrogen-bond acceptors (Lipinski definition) is 3. The van der Waals surface area contributed by atoms with Gasteiger partial charge in [-0.2, -0.15) is 0 Å². The SMILES string of the molecule is COc1ccc(CC(C=O)c2ccccc2C)cc1OC. The van der Waals surface area contributed by atoms with E-state index in [0.29, 0.717) is 17.9 Å². The summed E-state index contributed by atoms with van der Waals surface area (Å²) in [6, 6.07) is 13.7. The predicted octanol–water partition coefficient (Wildman–Crippen LogP) is 3.54. The zero-order valence-corrected chi connectivity index (χ0v) is 12.6. The summed E-state index contributed by atoms with van der Waals surface area (Å²) in [6.07, 6.45) is 1.66. The molecule has 0 heterocycles. The molecule has 0 radical (unpaired) electrons. The molecule has 3 nitrogen and oxygen atoms in total. The molecule has 0 amide bonds. The van der Waals surface area contributed by atoms with E-state index < -0.39 is 0 Å². The summed E-state index contributed by atoms with van der Waals surface area (Å²) in [5, 5.41) is 0. The third-order valence-corrected chi connectivity index (χ3v) is 3.66. The molecule has 0 N–H and O–H groups in total. The number of carbonyl (C=O) groups excluding carboxylic acids is 1. The molecule has 0 aliphatic rings. The Morgan fingerprint density at radius 3 is 2.38 bits per heavy atom. The quantitative estimate of drug-likeness (QED) is 0.761. The van der Waals surface area contributed by atoms with Crippen LogP contribution in [0.25, 0.3) is 0 Å². The molecule has 0 fully saturated rings. The van der Waals surface area contributed by atoms with Crippen LogP contribution in [0.15, 0.2) is 42.5 Å². The van der Waals surface area contributed by atoms with E-state index >= 15 is 0 Å². The second-order valence-electron chi connectivity index (χ2n) is 4.99. The number of rotatable bonds is 6. The van der Waals surface area contributed by atoms with E-state index in [0.717, 1.165) is 23.0 Å². The van der Waals surface area contributed by atoms with Gasteiger partial charge in [0.25, 0.3) is 0 Å². The maximum Gasteiger partial charge on any atom is 0.160 e. The van der Waals surface area contributed by atoms with Crippen LogP contribution < -0.4 is 9.47 Å². The minimum Gasteiger partial charge on any atom is -0.493 e. The van der Waals surface area contributed by atoms with E-state index in [9.17, 15) is 4.79 Å². The van der Waals surface area contributed by atoms with Crippen molar-refractivity contribution in [3.8, 4) is 11.5 Å². The van der Waals surface area contributed by atoms with Crippen molar-refractivity contribution in [1.82, 2.24) is 0 Å². The van der Waals surface area contributed by atoms with Crippen molar-refractivity contribution in [2.45, 2.75) is 19.3 Å². The van der Waals surface area contributed by atoms with Gasteiger partial charge in [0.2, 0.25) is 0 Å². The lowest BCUT2D eigenvalue weighted by atomic mass is 9.90. The van der Waals surface area contributed by atoms with Gasteiger partial charge in [-0.25, -0.2) is 0 Å². The summed E-state index contributed by atoms with van der Waals surface area (Å²) in [7, 11) is 3.22. The van der Waals surface area contributed by atoms with Gasteiger partial charge in [0.1, 0.15) is 6.29 Å². The molecule has 1 atom stereocenters. The first kappa shape index (κ1) is 15.1. The molecular formula is C18H20O3. The van der Waals surface area contributed by atoms with Crippen molar-refractivity contribution >= 4 is 6.29 Å². The Morgan fingerprint density at radius 2 is 1.76 bits per heavy atom. The van der Waals surface area contributed by atoms with Gasteiger partial charge in [0, 0.05) is 5.92 Å². The largest absolute Gasteiger partial charge is 0.493 e. The van der Waals surface area contributed by atoms with Gasteiger partial charge in [-0.05, 0) is 42.2 Å². The summed E-state index contributed by atoms with van der Waals surface area (Å²) < 4.78 is 10.5. The zero-order valence-electron chi connectivity index (χ0n) is 12.6. The maximum atomic E-state index is 11.5. The van der Waals surface area contributed by atoms with E-state index in [1.165, 1.54) is 0 Å². The van der Waals surface area contributed by atoms with Crippen molar-refractivity contribution in [2.24, 2.45) is 0 Å². The van der Waals surface area contributed by atoms with Gasteiger partial charge in [-0.3, -0.25) is 0 Å². The van der Waals surface area contributed by atoms with Gasteiger partial charge in [0.05, 0.1) is 14.2 Å². The summed E-state index contributed by atoms with van der Waals surface area (Å²) in [6.45, 7) is 2.03. The van der Waals surface area contributed by atoms with Crippen LogP contribution in [0.3, 0.4) is 0 Å². The average molecular weight is 284 g/mol. The Bertz CT molecular complexity index is 620. The molecule has 0 bridgehead atoms. The number of aldehydes is 1. The summed E-state index contributed by atoms with van der Waals surface area (Å²) in [5.41, 5.74) is 3.25. The van der Waals surface area contributed by atoms with E-state index in [1.54, 1.807) is 14.2 Å². The monoisotopic (exact) mass is 284 g/mol. The van der Waals surface area contributed by atoms with Crippen LogP contribution in [-0.2, 0) is 11.2 Å². The topological polar surface area (TPSA) is 35.5 Å². The lowest BCUT2D eigenvalue weighted by Gasteiger charge is -2.15. The first-order chi connectivity index (χ1) is 10.2. The third kappa shape index (κ3) is 3.43. The lowest BCUT2D eigenvalue weighted by Crippen LogP contribution is -2.06. The normalized spacial score (nSPS) is 11.8. The van der Waals surface area contributed by atoms with Gasteiger partial charge >= 0.3 is 0 Å². The fourth-order valence-corrected chi connectivity index (χ4v) is 2.50. The standard InChI is InChI=1S/C18H20O3/c1-13-6-4-5-7-16(13)15(12-19)10-14-8-9-17(20-2)18(11-14)21-3/h4-9,11-12,15H,10H2,1-3H3. The molecule has 0 saturated heterocycles. The number of hydrogen-bond donors (Lipinski definition) is 0. The molecule has 0 aliphatic heterocycles.